The molecule has 116 valence electrons. The first-order valence-corrected chi connectivity index (χ1v) is 8.17. The minimum absolute atomic E-state index is 0.102. The molecule has 2 rings (SSSR count). The number of carbonyl (C=O) groups excluding carboxylic acids is 1. The maximum atomic E-state index is 12.7. The van der Waals surface area contributed by atoms with Crippen molar-refractivity contribution in [2.75, 3.05) is 13.2 Å². The molecule has 1 saturated heterocycles. The second-order valence-corrected chi connectivity index (χ2v) is 5.99. The van der Waals surface area contributed by atoms with Crippen molar-refractivity contribution in [2.45, 2.75) is 58.0 Å². The number of hydrogen-bond acceptors (Lipinski definition) is 3. The molecule has 0 saturated carbocycles. The highest BCUT2D eigenvalue weighted by atomic mass is 16.3. The first-order valence-electron chi connectivity index (χ1n) is 8.17. The highest BCUT2D eigenvalue weighted by Gasteiger charge is 2.30. The van der Waals surface area contributed by atoms with Gasteiger partial charge in [0.05, 0.1) is 6.04 Å². The van der Waals surface area contributed by atoms with Crippen molar-refractivity contribution in [2.24, 2.45) is 0 Å². The summed E-state index contributed by atoms with van der Waals surface area (Å²) in [5, 5.41) is 9.22. The average Bonchev–Trinajstić information content (AvgIpc) is 2.54. The first kappa shape index (κ1) is 16.2. The summed E-state index contributed by atoms with van der Waals surface area (Å²) in [6.07, 6.45) is 5.20. The molecule has 21 heavy (non-hydrogen) atoms. The molecule has 1 aromatic carbocycles. The number of aryl methyl sites for hydroxylation is 1. The molecule has 0 bridgehead atoms. The van der Waals surface area contributed by atoms with Gasteiger partial charge in [0.2, 0.25) is 0 Å². The molecule has 1 N–H and O–H groups in total. The van der Waals surface area contributed by atoms with Gasteiger partial charge in [0.1, 0.15) is 0 Å². The lowest BCUT2D eigenvalue weighted by atomic mass is 9.94. The van der Waals surface area contributed by atoms with Gasteiger partial charge in [-0.1, -0.05) is 37.6 Å². The molecular weight excluding hydrogens is 262 g/mol. The number of hydrogen-bond donors (Lipinski definition) is 1. The third-order valence-electron chi connectivity index (χ3n) is 4.66. The quantitative estimate of drug-likeness (QED) is 0.818. The van der Waals surface area contributed by atoms with E-state index in [9.17, 15) is 9.90 Å². The zero-order chi connectivity index (χ0) is 15.2. The van der Waals surface area contributed by atoms with Crippen molar-refractivity contribution in [3.05, 3.63) is 35.4 Å². The van der Waals surface area contributed by atoms with E-state index in [0.29, 0.717) is 6.04 Å². The van der Waals surface area contributed by atoms with Gasteiger partial charge >= 0.3 is 0 Å². The van der Waals surface area contributed by atoms with Crippen molar-refractivity contribution >= 4 is 5.78 Å². The first-order chi connectivity index (χ1) is 10.2. The number of aliphatic hydroxyl groups is 1. The van der Waals surface area contributed by atoms with Crippen LogP contribution in [0.15, 0.2) is 24.3 Å². The molecule has 0 aromatic heterocycles. The van der Waals surface area contributed by atoms with Gasteiger partial charge in [0.15, 0.2) is 5.78 Å². The van der Waals surface area contributed by atoms with Gasteiger partial charge in [-0.05, 0) is 44.7 Å². The maximum Gasteiger partial charge on any atom is 0.179 e. The maximum absolute atomic E-state index is 12.7. The molecule has 2 atom stereocenters. The Bertz CT molecular complexity index is 453. The molecule has 1 aliphatic heterocycles. The molecule has 0 spiro atoms. The van der Waals surface area contributed by atoms with E-state index < -0.39 is 0 Å². The Kier molecular flexibility index (Phi) is 5.95. The average molecular weight is 289 g/mol. The van der Waals surface area contributed by atoms with Crippen LogP contribution in [-0.2, 0) is 6.42 Å². The van der Waals surface area contributed by atoms with Crippen molar-refractivity contribution in [1.82, 2.24) is 4.90 Å². The van der Waals surface area contributed by atoms with E-state index in [0.717, 1.165) is 37.8 Å². The number of ketones is 1. The third-order valence-corrected chi connectivity index (χ3v) is 4.66. The van der Waals surface area contributed by atoms with Crippen LogP contribution in [0.2, 0.25) is 0 Å². The number of carbonyl (C=O) groups is 1. The van der Waals surface area contributed by atoms with Crippen molar-refractivity contribution in [3.63, 3.8) is 0 Å². The molecule has 0 aliphatic carbocycles. The fraction of sp³-hybridized carbons (Fsp3) is 0.611. The van der Waals surface area contributed by atoms with Crippen molar-refractivity contribution in [3.8, 4) is 0 Å². The van der Waals surface area contributed by atoms with E-state index in [1.165, 1.54) is 12.0 Å². The third kappa shape index (κ3) is 3.92. The predicted molar refractivity (Wildman–Crippen MR) is 85.7 cm³/mol. The Hall–Kier alpha value is -1.19. The van der Waals surface area contributed by atoms with Gasteiger partial charge in [-0.3, -0.25) is 9.69 Å². The lowest BCUT2D eigenvalue weighted by Crippen LogP contribution is -2.48. The topological polar surface area (TPSA) is 40.5 Å². The number of rotatable bonds is 6. The van der Waals surface area contributed by atoms with E-state index in [1.807, 2.05) is 31.2 Å². The summed E-state index contributed by atoms with van der Waals surface area (Å²) in [5.74, 6) is 0.197. The smallest absolute Gasteiger partial charge is 0.179 e. The van der Waals surface area contributed by atoms with Crippen LogP contribution in [0.1, 0.15) is 55.5 Å². The fourth-order valence-electron chi connectivity index (χ4n) is 3.29. The normalized spacial score (nSPS) is 21.2. The highest BCUT2D eigenvalue weighted by molar-refractivity contribution is 5.99. The van der Waals surface area contributed by atoms with E-state index in [1.54, 1.807) is 0 Å². The van der Waals surface area contributed by atoms with E-state index in [-0.39, 0.29) is 18.4 Å². The summed E-state index contributed by atoms with van der Waals surface area (Å²) in [7, 11) is 0. The molecule has 1 heterocycles. The second kappa shape index (κ2) is 7.71. The van der Waals surface area contributed by atoms with Crippen molar-refractivity contribution < 1.29 is 9.90 Å². The van der Waals surface area contributed by atoms with Crippen LogP contribution in [0.4, 0.5) is 0 Å². The number of likely N-dealkylation sites (tertiary alicyclic amines) is 1. The van der Waals surface area contributed by atoms with Crippen LogP contribution in [-0.4, -0.2) is 41.0 Å². The summed E-state index contributed by atoms with van der Waals surface area (Å²) in [5.41, 5.74) is 2.06. The Morgan fingerprint density at radius 2 is 2.05 bits per heavy atom. The van der Waals surface area contributed by atoms with E-state index >= 15 is 0 Å². The van der Waals surface area contributed by atoms with Crippen molar-refractivity contribution in [1.29, 1.82) is 0 Å². The van der Waals surface area contributed by atoms with Crippen LogP contribution < -0.4 is 0 Å². The predicted octanol–water partition coefficient (Wildman–Crippen LogP) is 3.06. The second-order valence-electron chi connectivity index (χ2n) is 5.99. The van der Waals surface area contributed by atoms with Crippen LogP contribution in [0, 0.1) is 0 Å². The van der Waals surface area contributed by atoms with Gasteiger partial charge in [0, 0.05) is 18.2 Å². The molecule has 3 heteroatoms. The zero-order valence-electron chi connectivity index (χ0n) is 13.2. The lowest BCUT2D eigenvalue weighted by Gasteiger charge is -2.39. The number of aliphatic hydroxyl groups excluding tert-OH is 1. The van der Waals surface area contributed by atoms with E-state index in [2.05, 4.69) is 11.8 Å². The SMILES string of the molecule is CCc1ccc(C(=O)C(C)N2CCCCC2CCO)cc1. The summed E-state index contributed by atoms with van der Waals surface area (Å²) in [4.78, 5) is 15.0. The Morgan fingerprint density at radius 3 is 2.67 bits per heavy atom. The largest absolute Gasteiger partial charge is 0.396 e. The Labute approximate surface area is 128 Å². The summed E-state index contributed by atoms with van der Waals surface area (Å²) in [6, 6.07) is 8.22. The minimum Gasteiger partial charge on any atom is -0.396 e. The van der Waals surface area contributed by atoms with Crippen LogP contribution in [0.3, 0.4) is 0 Å². The van der Waals surface area contributed by atoms with Gasteiger partial charge in [-0.25, -0.2) is 0 Å². The highest BCUT2D eigenvalue weighted by Crippen LogP contribution is 2.23. The molecule has 2 unspecified atom stereocenters. The van der Waals surface area contributed by atoms with Gasteiger partial charge < -0.3 is 5.11 Å². The summed E-state index contributed by atoms with van der Waals surface area (Å²) in [6.45, 7) is 5.29. The van der Waals surface area contributed by atoms with Gasteiger partial charge in [0.25, 0.3) is 0 Å². The zero-order valence-corrected chi connectivity index (χ0v) is 13.2. The fourth-order valence-corrected chi connectivity index (χ4v) is 3.29. The molecule has 0 amide bonds. The van der Waals surface area contributed by atoms with E-state index in [4.69, 9.17) is 0 Å². The molecule has 1 aromatic rings. The number of benzene rings is 1. The molecule has 3 nitrogen and oxygen atoms in total. The molecule has 0 radical (unpaired) electrons. The Balaban J connectivity index is 2.08. The van der Waals surface area contributed by atoms with Crippen LogP contribution in [0.25, 0.3) is 0 Å². The van der Waals surface area contributed by atoms with Crippen LogP contribution in [0.5, 0.6) is 0 Å². The number of Topliss-reactive ketones (excluding diaryl/α,β-unsaturated/α-hetero) is 1. The number of piperidine rings is 1. The number of nitrogens with zero attached hydrogens (tertiary/aromatic N) is 1. The minimum atomic E-state index is -0.102. The molecule has 1 aliphatic rings. The standard InChI is InChI=1S/C18H27NO2/c1-3-15-7-9-16(10-8-15)18(21)14(2)19-12-5-4-6-17(19)11-13-20/h7-10,14,17,20H,3-6,11-13H2,1-2H3. The monoisotopic (exact) mass is 289 g/mol. The summed E-state index contributed by atoms with van der Waals surface area (Å²) < 4.78 is 0. The Morgan fingerprint density at radius 1 is 1.33 bits per heavy atom. The van der Waals surface area contributed by atoms with Gasteiger partial charge in [-0.15, -0.1) is 0 Å². The lowest BCUT2D eigenvalue weighted by molar-refractivity contribution is 0.0604. The van der Waals surface area contributed by atoms with Crippen LogP contribution >= 0.6 is 0 Å². The molecule has 1 fully saturated rings. The summed E-state index contributed by atoms with van der Waals surface area (Å²) >= 11 is 0. The van der Waals surface area contributed by atoms with Gasteiger partial charge in [-0.2, -0.15) is 0 Å². The molecular formula is C18H27NO2.